The monoisotopic (exact) mass is 255 g/mol. The van der Waals surface area contributed by atoms with E-state index in [4.69, 9.17) is 5.11 Å². The number of aliphatic hydroxyl groups excluding tert-OH is 1. The summed E-state index contributed by atoms with van der Waals surface area (Å²) < 4.78 is 0. The fraction of sp³-hybridized carbons (Fsp3) is 0.846. The van der Waals surface area contributed by atoms with E-state index in [0.717, 1.165) is 6.42 Å². The second-order valence-electron chi connectivity index (χ2n) is 6.23. The highest BCUT2D eigenvalue weighted by Gasteiger charge is 2.66. The molecule has 2 unspecified atom stereocenters. The Morgan fingerprint density at radius 3 is 2.33 bits per heavy atom. The Morgan fingerprint density at radius 2 is 1.89 bits per heavy atom. The summed E-state index contributed by atoms with van der Waals surface area (Å²) in [4.78, 5) is 25.0. The molecule has 1 saturated heterocycles. The first-order valence-corrected chi connectivity index (χ1v) is 6.46. The van der Waals surface area contributed by atoms with Crippen LogP contribution in [0.15, 0.2) is 0 Å². The van der Waals surface area contributed by atoms with Crippen molar-refractivity contribution in [2.45, 2.75) is 33.3 Å². The molecule has 1 saturated carbocycles. The number of piperidine rings is 1. The summed E-state index contributed by atoms with van der Waals surface area (Å²) >= 11 is 0. The number of carboxylic acid groups (broad SMARTS) is 1. The molecule has 102 valence electrons. The Bertz CT molecular complexity index is 379. The minimum absolute atomic E-state index is 0.113. The molecular formula is C13H21NO4. The first-order valence-electron chi connectivity index (χ1n) is 6.46. The molecule has 5 nitrogen and oxygen atoms in total. The van der Waals surface area contributed by atoms with Crippen molar-refractivity contribution in [3.63, 3.8) is 0 Å². The van der Waals surface area contributed by atoms with Gasteiger partial charge >= 0.3 is 5.97 Å². The largest absolute Gasteiger partial charge is 0.481 e. The number of carbonyl (C=O) groups excluding carboxylic acids is 1. The quantitative estimate of drug-likeness (QED) is 0.756. The van der Waals surface area contributed by atoms with Gasteiger partial charge in [-0.25, -0.2) is 0 Å². The normalized spacial score (nSPS) is 38.3. The minimum Gasteiger partial charge on any atom is -0.481 e. The van der Waals surface area contributed by atoms with Gasteiger partial charge in [0.25, 0.3) is 0 Å². The Kier molecular flexibility index (Phi) is 3.13. The first-order chi connectivity index (χ1) is 8.26. The summed E-state index contributed by atoms with van der Waals surface area (Å²) in [6.45, 7) is 6.55. The summed E-state index contributed by atoms with van der Waals surface area (Å²) in [5, 5.41) is 18.9. The Balaban J connectivity index is 2.03. The zero-order valence-corrected chi connectivity index (χ0v) is 11.1. The maximum Gasteiger partial charge on any atom is 0.307 e. The zero-order chi connectivity index (χ0) is 13.7. The SMILES string of the molecule is CC1CCN(C(=O)[C@H]2[C@@H](C(=O)O)C2(C)C)CC1O. The molecule has 2 rings (SSSR count). The van der Waals surface area contributed by atoms with Gasteiger partial charge in [0.15, 0.2) is 0 Å². The van der Waals surface area contributed by atoms with Gasteiger partial charge in [-0.2, -0.15) is 0 Å². The summed E-state index contributed by atoms with van der Waals surface area (Å²) in [6.07, 6.45) is 0.283. The van der Waals surface area contributed by atoms with Crippen LogP contribution in [0.3, 0.4) is 0 Å². The van der Waals surface area contributed by atoms with E-state index < -0.39 is 29.3 Å². The molecule has 4 atom stereocenters. The lowest BCUT2D eigenvalue weighted by Gasteiger charge is -2.34. The lowest BCUT2D eigenvalue weighted by atomic mass is 9.95. The van der Waals surface area contributed by atoms with E-state index in [1.165, 1.54) is 0 Å². The molecule has 1 heterocycles. The number of carboxylic acids is 1. The van der Waals surface area contributed by atoms with Gasteiger partial charge in [0.2, 0.25) is 5.91 Å². The summed E-state index contributed by atoms with van der Waals surface area (Å²) in [5.41, 5.74) is -0.461. The molecule has 2 N–H and O–H groups in total. The number of rotatable bonds is 2. The predicted octanol–water partition coefficient (Wildman–Crippen LogP) is 0.572. The van der Waals surface area contributed by atoms with E-state index in [1.807, 2.05) is 20.8 Å². The molecular weight excluding hydrogens is 234 g/mol. The van der Waals surface area contributed by atoms with E-state index in [2.05, 4.69) is 0 Å². The number of nitrogens with zero attached hydrogens (tertiary/aromatic N) is 1. The third kappa shape index (κ3) is 2.00. The molecule has 0 spiro atoms. The van der Waals surface area contributed by atoms with Crippen molar-refractivity contribution in [2.24, 2.45) is 23.2 Å². The number of hydrogen-bond donors (Lipinski definition) is 2. The predicted molar refractivity (Wildman–Crippen MR) is 64.8 cm³/mol. The van der Waals surface area contributed by atoms with Crippen molar-refractivity contribution in [1.29, 1.82) is 0 Å². The number of aliphatic hydroxyl groups is 1. The second-order valence-corrected chi connectivity index (χ2v) is 6.23. The maximum absolute atomic E-state index is 12.3. The van der Waals surface area contributed by atoms with Crippen LogP contribution in [-0.2, 0) is 9.59 Å². The van der Waals surface area contributed by atoms with Crippen molar-refractivity contribution in [3.8, 4) is 0 Å². The molecule has 5 heteroatoms. The van der Waals surface area contributed by atoms with Crippen LogP contribution in [0, 0.1) is 23.2 Å². The molecule has 1 amide bonds. The van der Waals surface area contributed by atoms with Crippen LogP contribution in [0.5, 0.6) is 0 Å². The highest BCUT2D eigenvalue weighted by Crippen LogP contribution is 2.59. The molecule has 0 aromatic rings. The standard InChI is InChI=1S/C13H21NO4/c1-7-4-5-14(6-8(7)15)11(16)9-10(12(17)18)13(9,2)3/h7-10,15H,4-6H2,1-3H3,(H,17,18)/t7?,8?,9-,10+/m1/s1. The summed E-state index contributed by atoms with van der Waals surface area (Å²) in [7, 11) is 0. The van der Waals surface area contributed by atoms with Crippen molar-refractivity contribution in [2.75, 3.05) is 13.1 Å². The van der Waals surface area contributed by atoms with Crippen LogP contribution in [0.1, 0.15) is 27.2 Å². The first kappa shape index (κ1) is 13.3. The third-order valence-corrected chi connectivity index (χ3v) is 4.59. The molecule has 18 heavy (non-hydrogen) atoms. The van der Waals surface area contributed by atoms with Gasteiger partial charge in [0, 0.05) is 13.1 Å². The number of likely N-dealkylation sites (tertiary alicyclic amines) is 1. The van der Waals surface area contributed by atoms with E-state index in [-0.39, 0.29) is 11.8 Å². The molecule has 0 aromatic carbocycles. The highest BCUT2D eigenvalue weighted by molar-refractivity contribution is 5.91. The number of aliphatic carboxylic acids is 1. The Labute approximate surface area is 107 Å². The van der Waals surface area contributed by atoms with Crippen LogP contribution in [0.25, 0.3) is 0 Å². The fourth-order valence-electron chi connectivity index (χ4n) is 3.01. The number of amides is 1. The molecule has 2 fully saturated rings. The summed E-state index contributed by atoms with van der Waals surface area (Å²) in [6, 6.07) is 0. The molecule has 2 aliphatic rings. The van der Waals surface area contributed by atoms with E-state index in [0.29, 0.717) is 13.1 Å². The topological polar surface area (TPSA) is 77.8 Å². The second kappa shape index (κ2) is 4.23. The van der Waals surface area contributed by atoms with Crippen molar-refractivity contribution in [3.05, 3.63) is 0 Å². The average molecular weight is 255 g/mol. The van der Waals surface area contributed by atoms with Crippen LogP contribution in [0.4, 0.5) is 0 Å². The fourth-order valence-corrected chi connectivity index (χ4v) is 3.01. The van der Waals surface area contributed by atoms with Crippen LogP contribution < -0.4 is 0 Å². The summed E-state index contributed by atoms with van der Waals surface area (Å²) in [5.74, 6) is -1.82. The van der Waals surface area contributed by atoms with E-state index in [9.17, 15) is 14.7 Å². The molecule has 1 aliphatic heterocycles. The molecule has 0 bridgehead atoms. The third-order valence-electron chi connectivity index (χ3n) is 4.59. The van der Waals surface area contributed by atoms with Crippen molar-refractivity contribution in [1.82, 2.24) is 4.90 Å². The van der Waals surface area contributed by atoms with E-state index >= 15 is 0 Å². The van der Waals surface area contributed by atoms with Gasteiger partial charge < -0.3 is 15.1 Å². The number of hydrogen-bond acceptors (Lipinski definition) is 3. The van der Waals surface area contributed by atoms with Crippen LogP contribution in [0.2, 0.25) is 0 Å². The zero-order valence-electron chi connectivity index (χ0n) is 11.1. The van der Waals surface area contributed by atoms with Crippen LogP contribution >= 0.6 is 0 Å². The molecule has 1 aliphatic carbocycles. The van der Waals surface area contributed by atoms with Gasteiger partial charge in [-0.15, -0.1) is 0 Å². The number of carbonyl (C=O) groups is 2. The minimum atomic E-state index is -0.899. The molecule has 0 aromatic heterocycles. The Morgan fingerprint density at radius 1 is 1.28 bits per heavy atom. The van der Waals surface area contributed by atoms with Gasteiger partial charge in [0.1, 0.15) is 0 Å². The molecule has 0 radical (unpaired) electrons. The smallest absolute Gasteiger partial charge is 0.307 e. The average Bonchev–Trinajstić information content (AvgIpc) is 2.85. The van der Waals surface area contributed by atoms with Crippen molar-refractivity contribution < 1.29 is 19.8 Å². The van der Waals surface area contributed by atoms with Crippen LogP contribution in [-0.4, -0.2) is 46.2 Å². The van der Waals surface area contributed by atoms with Gasteiger partial charge in [0.05, 0.1) is 17.9 Å². The maximum atomic E-state index is 12.3. The van der Waals surface area contributed by atoms with E-state index in [1.54, 1.807) is 4.90 Å². The lowest BCUT2D eigenvalue weighted by molar-refractivity contribution is -0.143. The van der Waals surface area contributed by atoms with Gasteiger partial charge in [-0.3, -0.25) is 9.59 Å². The Hall–Kier alpha value is -1.10. The highest BCUT2D eigenvalue weighted by atomic mass is 16.4. The van der Waals surface area contributed by atoms with Crippen molar-refractivity contribution >= 4 is 11.9 Å². The van der Waals surface area contributed by atoms with Gasteiger partial charge in [-0.1, -0.05) is 20.8 Å². The number of β-amino-alcohol motifs (C(OH)–C–C–N with tert-alkyl or cyclic N) is 1. The van der Waals surface area contributed by atoms with Gasteiger partial charge in [-0.05, 0) is 17.8 Å². The lowest BCUT2D eigenvalue weighted by Crippen LogP contribution is -2.47.